The van der Waals surface area contributed by atoms with Crippen LogP contribution in [0.3, 0.4) is 0 Å². The number of rotatable bonds is 5. The number of hydrogen-bond donors (Lipinski definition) is 1. The quantitative estimate of drug-likeness (QED) is 0.488. The third kappa shape index (κ3) is 5.80. The Balaban J connectivity index is 1.60. The van der Waals surface area contributed by atoms with Crippen LogP contribution in [0.4, 0.5) is 10.1 Å². The second kappa shape index (κ2) is 9.53. The van der Waals surface area contributed by atoms with Crippen molar-refractivity contribution in [2.24, 2.45) is 15.9 Å². The van der Waals surface area contributed by atoms with E-state index in [9.17, 15) is 4.39 Å². The molecule has 3 rings (SSSR count). The van der Waals surface area contributed by atoms with E-state index in [-0.39, 0.29) is 5.82 Å². The number of amidine groups is 1. The van der Waals surface area contributed by atoms with Gasteiger partial charge in [-0.1, -0.05) is 48.2 Å². The molecule has 1 heterocycles. The van der Waals surface area contributed by atoms with E-state index in [1.807, 2.05) is 36.4 Å². The van der Waals surface area contributed by atoms with Crippen LogP contribution in [0.25, 0.3) is 0 Å². The van der Waals surface area contributed by atoms with Crippen LogP contribution in [0.5, 0.6) is 0 Å². The molecule has 7 heteroatoms. The number of anilines is 1. The monoisotopic (exact) mass is 385 g/mol. The lowest BCUT2D eigenvalue weighted by molar-refractivity contribution is 0.311. The molecule has 142 valence electrons. The highest BCUT2D eigenvalue weighted by Gasteiger charge is 2.17. The summed E-state index contributed by atoms with van der Waals surface area (Å²) in [7, 11) is 2.08. The molecule has 1 fully saturated rings. The highest BCUT2D eigenvalue weighted by molar-refractivity contribution is 8.13. The molecule has 0 amide bonds. The summed E-state index contributed by atoms with van der Waals surface area (Å²) in [5.74, 6) is 0.536. The molecule has 0 spiro atoms. The van der Waals surface area contributed by atoms with Gasteiger partial charge in [0.25, 0.3) is 0 Å². The van der Waals surface area contributed by atoms with Gasteiger partial charge in [0.15, 0.2) is 5.17 Å². The highest BCUT2D eigenvalue weighted by atomic mass is 32.2. The van der Waals surface area contributed by atoms with Gasteiger partial charge in [-0.25, -0.2) is 4.39 Å². The molecular weight excluding hydrogens is 361 g/mol. The number of nitrogens with zero attached hydrogens (tertiary/aromatic N) is 4. The Labute approximate surface area is 163 Å². The zero-order valence-corrected chi connectivity index (χ0v) is 16.2. The molecule has 0 aliphatic carbocycles. The number of thioether (sulfide) groups is 1. The van der Waals surface area contributed by atoms with E-state index in [0.29, 0.717) is 10.9 Å². The van der Waals surface area contributed by atoms with E-state index >= 15 is 0 Å². The first-order chi connectivity index (χ1) is 13.1. The molecule has 2 N–H and O–H groups in total. The van der Waals surface area contributed by atoms with Crippen molar-refractivity contribution in [1.82, 2.24) is 4.90 Å². The topological polar surface area (TPSA) is 57.2 Å². The molecule has 5 nitrogen and oxygen atoms in total. The molecule has 0 aromatic heterocycles. The van der Waals surface area contributed by atoms with E-state index in [2.05, 4.69) is 27.1 Å². The lowest BCUT2D eigenvalue weighted by atomic mass is 10.1. The third-order valence-electron chi connectivity index (χ3n) is 4.41. The molecule has 2 aromatic carbocycles. The van der Waals surface area contributed by atoms with Crippen molar-refractivity contribution in [1.29, 1.82) is 0 Å². The molecule has 2 aromatic rings. The normalized spacial score (nSPS) is 16.2. The van der Waals surface area contributed by atoms with Gasteiger partial charge in [0.1, 0.15) is 5.82 Å². The molecule has 1 saturated heterocycles. The van der Waals surface area contributed by atoms with E-state index in [4.69, 9.17) is 5.73 Å². The van der Waals surface area contributed by atoms with Gasteiger partial charge in [0.05, 0.1) is 11.9 Å². The average Bonchev–Trinajstić information content (AvgIpc) is 2.69. The Morgan fingerprint density at radius 2 is 1.89 bits per heavy atom. The van der Waals surface area contributed by atoms with Gasteiger partial charge in [0.2, 0.25) is 0 Å². The van der Waals surface area contributed by atoms with Crippen LogP contribution in [0.15, 0.2) is 58.7 Å². The van der Waals surface area contributed by atoms with E-state index in [0.717, 1.165) is 37.5 Å². The minimum atomic E-state index is -0.210. The van der Waals surface area contributed by atoms with Crippen LogP contribution in [0.2, 0.25) is 0 Å². The Morgan fingerprint density at radius 3 is 2.63 bits per heavy atom. The van der Waals surface area contributed by atoms with Crippen LogP contribution >= 0.6 is 11.8 Å². The summed E-state index contributed by atoms with van der Waals surface area (Å²) in [4.78, 5) is 4.31. The van der Waals surface area contributed by atoms with Gasteiger partial charge in [-0.05, 0) is 30.3 Å². The summed E-state index contributed by atoms with van der Waals surface area (Å²) in [6, 6.07) is 15.0. The summed E-state index contributed by atoms with van der Waals surface area (Å²) in [6.07, 6.45) is 1.61. The van der Waals surface area contributed by atoms with Gasteiger partial charge in [0, 0.05) is 31.9 Å². The molecule has 0 atom stereocenters. The van der Waals surface area contributed by atoms with Crippen LogP contribution in [0.1, 0.15) is 11.1 Å². The maximum absolute atomic E-state index is 14.2. The van der Waals surface area contributed by atoms with Crippen molar-refractivity contribution in [3.63, 3.8) is 0 Å². The first kappa shape index (κ1) is 19.4. The smallest absolute Gasteiger partial charge is 0.180 e. The van der Waals surface area contributed by atoms with E-state index in [1.54, 1.807) is 12.3 Å². The van der Waals surface area contributed by atoms with Crippen LogP contribution in [-0.4, -0.2) is 49.5 Å². The predicted octanol–water partition coefficient (Wildman–Crippen LogP) is 3.16. The number of benzene rings is 2. The SMILES string of the molecule is CN1CCN(c2cc(C=NN=C(N)SCc3ccccc3)ccc2F)CC1. The summed E-state index contributed by atoms with van der Waals surface area (Å²) in [6.45, 7) is 3.49. The van der Waals surface area contributed by atoms with Crippen molar-refractivity contribution in [3.05, 3.63) is 65.5 Å². The summed E-state index contributed by atoms with van der Waals surface area (Å²) in [5, 5.41) is 8.47. The van der Waals surface area contributed by atoms with Crippen LogP contribution in [-0.2, 0) is 5.75 Å². The summed E-state index contributed by atoms with van der Waals surface area (Å²) >= 11 is 1.43. The minimum Gasteiger partial charge on any atom is -0.377 e. The van der Waals surface area contributed by atoms with Gasteiger partial charge in [-0.2, -0.15) is 5.10 Å². The van der Waals surface area contributed by atoms with Crippen molar-refractivity contribution in [2.75, 3.05) is 38.1 Å². The fourth-order valence-corrected chi connectivity index (χ4v) is 3.42. The van der Waals surface area contributed by atoms with Crippen molar-refractivity contribution < 1.29 is 4.39 Å². The molecule has 1 aliphatic heterocycles. The molecular formula is C20H24FN5S. The van der Waals surface area contributed by atoms with Crippen LogP contribution in [0, 0.1) is 5.82 Å². The van der Waals surface area contributed by atoms with Gasteiger partial charge >= 0.3 is 0 Å². The van der Waals surface area contributed by atoms with Crippen LogP contribution < -0.4 is 10.6 Å². The lowest BCUT2D eigenvalue weighted by Crippen LogP contribution is -2.44. The minimum absolute atomic E-state index is 0.210. The molecule has 0 saturated carbocycles. The second-order valence-corrected chi connectivity index (χ2v) is 7.45. The fourth-order valence-electron chi connectivity index (χ4n) is 2.81. The first-order valence-corrected chi connectivity index (χ1v) is 9.86. The fraction of sp³-hybridized carbons (Fsp3) is 0.300. The van der Waals surface area contributed by atoms with Crippen molar-refractivity contribution >= 4 is 28.8 Å². The van der Waals surface area contributed by atoms with Gasteiger partial charge in [-0.3, -0.25) is 0 Å². The molecule has 27 heavy (non-hydrogen) atoms. The maximum Gasteiger partial charge on any atom is 0.180 e. The number of halogens is 1. The standard InChI is InChI=1S/C20H24FN5S/c1-25-9-11-26(12-10-25)19-13-17(7-8-18(19)21)14-23-24-20(22)27-15-16-5-3-2-4-6-16/h2-8,13-14H,9-12,15H2,1H3,(H2,22,24). The summed E-state index contributed by atoms with van der Waals surface area (Å²) < 4.78 is 14.2. The van der Waals surface area contributed by atoms with Crippen molar-refractivity contribution in [2.45, 2.75) is 5.75 Å². The highest BCUT2D eigenvalue weighted by Crippen LogP contribution is 2.21. The zero-order valence-electron chi connectivity index (χ0n) is 15.4. The number of piperazine rings is 1. The lowest BCUT2D eigenvalue weighted by Gasteiger charge is -2.34. The Bertz CT molecular complexity index is 801. The largest absolute Gasteiger partial charge is 0.377 e. The predicted molar refractivity (Wildman–Crippen MR) is 113 cm³/mol. The number of hydrogen-bond acceptors (Lipinski definition) is 5. The zero-order chi connectivity index (χ0) is 19.1. The number of nitrogens with two attached hydrogens (primary N) is 1. The average molecular weight is 386 g/mol. The number of likely N-dealkylation sites (N-methyl/N-ethyl adjacent to an activating group) is 1. The van der Waals surface area contributed by atoms with Gasteiger partial charge < -0.3 is 15.5 Å². The Hall–Kier alpha value is -2.38. The van der Waals surface area contributed by atoms with Crippen molar-refractivity contribution in [3.8, 4) is 0 Å². The Morgan fingerprint density at radius 1 is 1.15 bits per heavy atom. The van der Waals surface area contributed by atoms with E-state index in [1.165, 1.54) is 23.4 Å². The molecule has 0 radical (unpaired) electrons. The first-order valence-electron chi connectivity index (χ1n) is 8.88. The summed E-state index contributed by atoms with van der Waals surface area (Å²) in [5.41, 5.74) is 8.49. The third-order valence-corrected chi connectivity index (χ3v) is 5.26. The molecule has 1 aliphatic rings. The Kier molecular flexibility index (Phi) is 6.84. The second-order valence-electron chi connectivity index (χ2n) is 6.46. The maximum atomic E-state index is 14.2. The van der Waals surface area contributed by atoms with Gasteiger partial charge in [-0.15, -0.1) is 5.10 Å². The molecule has 0 unspecified atom stereocenters. The van der Waals surface area contributed by atoms with E-state index < -0.39 is 0 Å². The molecule has 0 bridgehead atoms.